The molecule has 5 heteroatoms. The van der Waals surface area contributed by atoms with Crippen molar-refractivity contribution in [2.24, 2.45) is 5.73 Å². The van der Waals surface area contributed by atoms with E-state index in [1.54, 1.807) is 21.0 Å². The number of methoxy groups -OCH3 is 1. The summed E-state index contributed by atoms with van der Waals surface area (Å²) in [4.78, 5) is 11.3. The van der Waals surface area contributed by atoms with Gasteiger partial charge in [-0.05, 0) is 20.3 Å². The van der Waals surface area contributed by atoms with Crippen LogP contribution in [-0.4, -0.2) is 42.9 Å². The summed E-state index contributed by atoms with van der Waals surface area (Å²) >= 11 is 0. The number of hydrogen-bond acceptors (Lipinski definition) is 4. The van der Waals surface area contributed by atoms with Gasteiger partial charge in [0.15, 0.2) is 0 Å². The second-order valence-electron chi connectivity index (χ2n) is 3.92. The van der Waals surface area contributed by atoms with Gasteiger partial charge in [-0.2, -0.15) is 0 Å². The minimum Gasteiger partial charge on any atom is -0.389 e. The Kier molecular flexibility index (Phi) is 5.68. The van der Waals surface area contributed by atoms with Crippen LogP contribution in [-0.2, 0) is 9.53 Å². The Hall–Kier alpha value is -0.650. The van der Waals surface area contributed by atoms with Crippen molar-refractivity contribution in [1.29, 1.82) is 0 Å². The number of amides is 1. The van der Waals surface area contributed by atoms with Gasteiger partial charge in [0.25, 0.3) is 0 Å². The Morgan fingerprint density at radius 1 is 1.64 bits per heavy atom. The van der Waals surface area contributed by atoms with Gasteiger partial charge < -0.3 is 20.9 Å². The summed E-state index contributed by atoms with van der Waals surface area (Å²) in [5.74, 6) is -0.260. The Morgan fingerprint density at radius 3 is 2.64 bits per heavy atom. The number of ether oxygens (including phenoxy) is 1. The van der Waals surface area contributed by atoms with E-state index < -0.39 is 11.6 Å². The number of carbonyl (C=O) groups excluding carboxylic acids is 1. The molecule has 4 N–H and O–H groups in total. The number of aliphatic hydroxyl groups is 1. The molecule has 1 unspecified atom stereocenters. The van der Waals surface area contributed by atoms with E-state index in [4.69, 9.17) is 10.5 Å². The van der Waals surface area contributed by atoms with Gasteiger partial charge in [0.1, 0.15) is 0 Å². The van der Waals surface area contributed by atoms with Gasteiger partial charge >= 0.3 is 0 Å². The highest BCUT2D eigenvalue weighted by atomic mass is 16.5. The molecule has 0 fully saturated rings. The predicted molar refractivity (Wildman–Crippen MR) is 53.8 cm³/mol. The summed E-state index contributed by atoms with van der Waals surface area (Å²) in [5, 5.41) is 11.9. The van der Waals surface area contributed by atoms with Crippen LogP contribution in [0.3, 0.4) is 0 Å². The molecule has 0 saturated heterocycles. The SMILES string of the molecule is COCCC(N)C(=O)NCC(C)(C)O. The molecule has 0 aliphatic rings. The van der Waals surface area contributed by atoms with Gasteiger partial charge in [-0.25, -0.2) is 0 Å². The minimum atomic E-state index is -0.906. The van der Waals surface area contributed by atoms with Gasteiger partial charge in [-0.3, -0.25) is 4.79 Å². The van der Waals surface area contributed by atoms with Crippen molar-refractivity contribution >= 4 is 5.91 Å². The van der Waals surface area contributed by atoms with Gasteiger partial charge in [-0.1, -0.05) is 0 Å². The van der Waals surface area contributed by atoms with Crippen molar-refractivity contribution in [1.82, 2.24) is 5.32 Å². The van der Waals surface area contributed by atoms with Gasteiger partial charge in [0.2, 0.25) is 5.91 Å². The molecule has 0 saturated carbocycles. The van der Waals surface area contributed by atoms with E-state index in [0.717, 1.165) is 0 Å². The lowest BCUT2D eigenvalue weighted by Crippen LogP contribution is -2.46. The molecule has 0 aromatic heterocycles. The average molecular weight is 204 g/mol. The van der Waals surface area contributed by atoms with Crippen LogP contribution in [0.4, 0.5) is 0 Å². The second kappa shape index (κ2) is 5.95. The van der Waals surface area contributed by atoms with Crippen molar-refractivity contribution in [2.45, 2.75) is 31.9 Å². The number of hydrogen-bond donors (Lipinski definition) is 3. The standard InChI is InChI=1S/C9H20N2O3/c1-9(2,13)6-11-8(12)7(10)4-5-14-3/h7,13H,4-6,10H2,1-3H3,(H,11,12). The van der Waals surface area contributed by atoms with Crippen LogP contribution >= 0.6 is 0 Å². The molecular formula is C9H20N2O3. The Bertz CT molecular complexity index is 177. The monoisotopic (exact) mass is 204 g/mol. The van der Waals surface area contributed by atoms with Crippen LogP contribution in [0, 0.1) is 0 Å². The molecule has 84 valence electrons. The van der Waals surface area contributed by atoms with Crippen molar-refractivity contribution in [2.75, 3.05) is 20.3 Å². The van der Waals surface area contributed by atoms with Gasteiger partial charge in [0, 0.05) is 20.3 Å². The van der Waals surface area contributed by atoms with E-state index >= 15 is 0 Å². The summed E-state index contributed by atoms with van der Waals surface area (Å²) in [5.41, 5.74) is 4.65. The molecule has 0 rings (SSSR count). The van der Waals surface area contributed by atoms with E-state index in [-0.39, 0.29) is 12.5 Å². The van der Waals surface area contributed by atoms with Crippen molar-refractivity contribution in [3.8, 4) is 0 Å². The number of rotatable bonds is 6. The third kappa shape index (κ3) is 6.82. The smallest absolute Gasteiger partial charge is 0.237 e. The van der Waals surface area contributed by atoms with Crippen molar-refractivity contribution < 1.29 is 14.6 Å². The number of nitrogens with two attached hydrogens (primary N) is 1. The molecule has 0 aromatic rings. The maximum absolute atomic E-state index is 11.3. The fourth-order valence-electron chi connectivity index (χ4n) is 0.810. The lowest BCUT2D eigenvalue weighted by Gasteiger charge is -2.19. The first-order valence-corrected chi connectivity index (χ1v) is 4.61. The van der Waals surface area contributed by atoms with Crippen molar-refractivity contribution in [3.63, 3.8) is 0 Å². The summed E-state index contributed by atoms with van der Waals surface area (Å²) < 4.78 is 4.80. The van der Waals surface area contributed by atoms with Crippen LogP contribution in [0.1, 0.15) is 20.3 Å². The molecule has 0 aromatic carbocycles. The zero-order chi connectivity index (χ0) is 11.2. The second-order valence-corrected chi connectivity index (χ2v) is 3.92. The number of nitrogens with one attached hydrogen (secondary N) is 1. The van der Waals surface area contributed by atoms with Crippen LogP contribution in [0.25, 0.3) is 0 Å². The minimum absolute atomic E-state index is 0.201. The van der Waals surface area contributed by atoms with E-state index in [9.17, 15) is 9.90 Å². The molecule has 0 aliphatic heterocycles. The molecule has 0 aliphatic carbocycles. The maximum atomic E-state index is 11.3. The molecule has 1 atom stereocenters. The third-order valence-electron chi connectivity index (χ3n) is 1.66. The first-order chi connectivity index (χ1) is 6.37. The molecule has 14 heavy (non-hydrogen) atoms. The van der Waals surface area contributed by atoms with Crippen LogP contribution in [0.15, 0.2) is 0 Å². The van der Waals surface area contributed by atoms with Crippen LogP contribution < -0.4 is 11.1 Å². The Morgan fingerprint density at radius 2 is 2.21 bits per heavy atom. The first kappa shape index (κ1) is 13.4. The molecule has 0 bridgehead atoms. The first-order valence-electron chi connectivity index (χ1n) is 4.61. The van der Waals surface area contributed by atoms with Crippen LogP contribution in [0.2, 0.25) is 0 Å². The Balaban J connectivity index is 3.73. The highest BCUT2D eigenvalue weighted by Crippen LogP contribution is 1.98. The van der Waals surface area contributed by atoms with Crippen molar-refractivity contribution in [3.05, 3.63) is 0 Å². The van der Waals surface area contributed by atoms with E-state index in [1.165, 1.54) is 0 Å². The largest absolute Gasteiger partial charge is 0.389 e. The summed E-state index contributed by atoms with van der Waals surface area (Å²) in [6.07, 6.45) is 0.480. The van der Waals surface area contributed by atoms with Gasteiger partial charge in [0.05, 0.1) is 11.6 Å². The maximum Gasteiger partial charge on any atom is 0.237 e. The normalized spacial score (nSPS) is 13.8. The third-order valence-corrected chi connectivity index (χ3v) is 1.66. The molecule has 0 heterocycles. The molecular weight excluding hydrogens is 184 g/mol. The Labute approximate surface area is 84.6 Å². The predicted octanol–water partition coefficient (Wildman–Crippen LogP) is -0.763. The zero-order valence-electron chi connectivity index (χ0n) is 9.04. The molecule has 5 nitrogen and oxygen atoms in total. The molecule has 0 radical (unpaired) electrons. The van der Waals surface area contributed by atoms with E-state index in [2.05, 4.69) is 5.32 Å². The van der Waals surface area contributed by atoms with Crippen LogP contribution in [0.5, 0.6) is 0 Å². The molecule has 0 spiro atoms. The average Bonchev–Trinajstić information content (AvgIpc) is 2.09. The fourth-order valence-corrected chi connectivity index (χ4v) is 0.810. The highest BCUT2D eigenvalue weighted by Gasteiger charge is 2.17. The topological polar surface area (TPSA) is 84.6 Å². The zero-order valence-corrected chi connectivity index (χ0v) is 9.04. The lowest BCUT2D eigenvalue weighted by atomic mass is 10.1. The molecule has 1 amide bonds. The van der Waals surface area contributed by atoms with E-state index in [0.29, 0.717) is 13.0 Å². The highest BCUT2D eigenvalue weighted by molar-refractivity contribution is 5.81. The summed E-state index contributed by atoms with van der Waals surface area (Å²) in [6.45, 7) is 3.89. The van der Waals surface area contributed by atoms with Gasteiger partial charge in [-0.15, -0.1) is 0 Å². The lowest BCUT2D eigenvalue weighted by molar-refractivity contribution is -0.123. The number of carbonyl (C=O) groups is 1. The fraction of sp³-hybridized carbons (Fsp3) is 0.889. The quantitative estimate of drug-likeness (QED) is 0.531. The summed E-state index contributed by atoms with van der Waals surface area (Å²) in [7, 11) is 1.56. The van der Waals surface area contributed by atoms with E-state index in [1.807, 2.05) is 0 Å². The summed E-state index contributed by atoms with van der Waals surface area (Å²) in [6, 6.07) is -0.572.